The number of carbonyl (C=O) groups excluding carboxylic acids is 4. The van der Waals surface area contributed by atoms with Gasteiger partial charge in [0, 0.05) is 13.1 Å². The molecule has 0 saturated heterocycles. The van der Waals surface area contributed by atoms with Gasteiger partial charge in [0.05, 0.1) is 35.7 Å². The molecule has 2 aliphatic rings. The van der Waals surface area contributed by atoms with Crippen LogP contribution in [0.25, 0.3) is 0 Å². The summed E-state index contributed by atoms with van der Waals surface area (Å²) in [5, 5.41) is 0. The van der Waals surface area contributed by atoms with Crippen LogP contribution in [0.2, 0.25) is 0 Å². The summed E-state index contributed by atoms with van der Waals surface area (Å²) in [6, 6.07) is 7.08. The van der Waals surface area contributed by atoms with Crippen molar-refractivity contribution in [1.82, 2.24) is 0 Å². The lowest BCUT2D eigenvalue weighted by atomic mass is 10.1. The van der Waals surface area contributed by atoms with Crippen molar-refractivity contribution >= 4 is 34.8 Å². The molecule has 0 aromatic heterocycles. The van der Waals surface area contributed by atoms with Crippen molar-refractivity contribution < 1.29 is 32.7 Å². The molecule has 29 heavy (non-hydrogen) atoms. The van der Waals surface area contributed by atoms with E-state index in [2.05, 4.69) is 0 Å². The van der Waals surface area contributed by atoms with Crippen molar-refractivity contribution in [3.63, 3.8) is 0 Å². The number of Topliss-reactive ketones (excluding diaryl/α,β-unsaturated/α-hetero) is 2. The molecule has 2 heterocycles. The van der Waals surface area contributed by atoms with Crippen LogP contribution in [0.15, 0.2) is 36.4 Å². The average molecular weight is 400 g/mol. The molecular formula is C20H14F2N2O5. The van der Waals surface area contributed by atoms with E-state index in [1.165, 1.54) is 21.9 Å². The van der Waals surface area contributed by atoms with E-state index < -0.39 is 35.0 Å². The second-order valence-corrected chi connectivity index (χ2v) is 6.51. The summed E-state index contributed by atoms with van der Waals surface area (Å²) in [6.45, 7) is 0.250. The lowest BCUT2D eigenvalue weighted by Crippen LogP contribution is -2.35. The van der Waals surface area contributed by atoms with Crippen molar-refractivity contribution in [2.24, 2.45) is 0 Å². The zero-order chi connectivity index (χ0) is 20.7. The Hall–Kier alpha value is -3.46. The van der Waals surface area contributed by atoms with Gasteiger partial charge in [-0.1, -0.05) is 0 Å². The number of benzene rings is 2. The number of carbonyl (C=O) groups is 4. The first kappa shape index (κ1) is 18.9. The topological polar surface area (TPSA) is 84.0 Å². The summed E-state index contributed by atoms with van der Waals surface area (Å²) in [5.74, 6) is -4.27. The molecule has 2 amide bonds. The molecule has 0 spiro atoms. The van der Waals surface area contributed by atoms with Crippen LogP contribution in [-0.4, -0.2) is 49.7 Å². The molecule has 2 aromatic rings. The Morgan fingerprint density at radius 1 is 0.690 bits per heavy atom. The minimum atomic E-state index is -0.774. The Labute approximate surface area is 163 Å². The quantitative estimate of drug-likeness (QED) is 0.545. The number of nitrogens with zero attached hydrogens (tertiary/aromatic N) is 2. The molecule has 0 N–H and O–H groups in total. The second-order valence-electron chi connectivity index (χ2n) is 6.51. The average Bonchev–Trinajstić information content (AvgIpc) is 3.07. The molecular weight excluding hydrogens is 386 g/mol. The Kier molecular flexibility index (Phi) is 4.67. The minimum absolute atomic E-state index is 0.0139. The first-order valence-corrected chi connectivity index (χ1v) is 8.77. The Bertz CT molecular complexity index is 985. The molecule has 0 radical (unpaired) electrons. The summed E-state index contributed by atoms with van der Waals surface area (Å²) >= 11 is 0. The number of ketones is 2. The van der Waals surface area contributed by atoms with Crippen LogP contribution in [0.1, 0.15) is 20.7 Å². The molecule has 0 aliphatic carbocycles. The fourth-order valence-corrected chi connectivity index (χ4v) is 3.40. The SMILES string of the molecule is O=C1C(=O)N(CCOCCN2C(=O)C(=O)c3cc(F)ccc32)c2ccc(F)cc21. The van der Waals surface area contributed by atoms with Gasteiger partial charge in [0.15, 0.2) is 0 Å². The Morgan fingerprint density at radius 3 is 1.52 bits per heavy atom. The lowest BCUT2D eigenvalue weighted by molar-refractivity contribution is -0.114. The van der Waals surface area contributed by atoms with Gasteiger partial charge in [-0.25, -0.2) is 8.78 Å². The third-order valence-electron chi connectivity index (χ3n) is 4.79. The first-order valence-electron chi connectivity index (χ1n) is 8.77. The van der Waals surface area contributed by atoms with Gasteiger partial charge in [-0.15, -0.1) is 0 Å². The van der Waals surface area contributed by atoms with Crippen molar-refractivity contribution in [3.8, 4) is 0 Å². The maximum atomic E-state index is 13.3. The van der Waals surface area contributed by atoms with E-state index in [4.69, 9.17) is 4.74 Å². The number of anilines is 2. The van der Waals surface area contributed by atoms with Gasteiger partial charge in [0.1, 0.15) is 11.6 Å². The number of rotatable bonds is 6. The zero-order valence-electron chi connectivity index (χ0n) is 15.0. The van der Waals surface area contributed by atoms with Crippen LogP contribution >= 0.6 is 0 Å². The predicted molar refractivity (Wildman–Crippen MR) is 97.0 cm³/mol. The van der Waals surface area contributed by atoms with Gasteiger partial charge in [-0.05, 0) is 36.4 Å². The monoisotopic (exact) mass is 400 g/mol. The van der Waals surface area contributed by atoms with Crippen LogP contribution < -0.4 is 9.80 Å². The second kappa shape index (κ2) is 7.17. The standard InChI is InChI=1S/C20H14F2N2O5/c21-11-1-3-15-13(9-11)17(25)19(27)23(15)5-7-29-8-6-24-16-4-2-12(22)10-14(16)18(26)20(24)28/h1-4,9-10H,5-8H2. The minimum Gasteiger partial charge on any atom is -0.378 e. The molecule has 2 aliphatic heterocycles. The highest BCUT2D eigenvalue weighted by Gasteiger charge is 2.37. The molecule has 9 heteroatoms. The normalized spacial score (nSPS) is 15.4. The first-order chi connectivity index (χ1) is 13.9. The van der Waals surface area contributed by atoms with E-state index in [1.54, 1.807) is 0 Å². The van der Waals surface area contributed by atoms with Gasteiger partial charge in [0.25, 0.3) is 23.4 Å². The molecule has 0 saturated carbocycles. The fourth-order valence-electron chi connectivity index (χ4n) is 3.40. The summed E-state index contributed by atoms with van der Waals surface area (Å²) in [6.07, 6.45) is 0. The number of ether oxygens (including phenoxy) is 1. The molecule has 2 aromatic carbocycles. The molecule has 0 bridgehead atoms. The van der Waals surface area contributed by atoms with Gasteiger partial charge in [0.2, 0.25) is 0 Å². The van der Waals surface area contributed by atoms with Gasteiger partial charge in [-0.2, -0.15) is 0 Å². The smallest absolute Gasteiger partial charge is 0.299 e. The Balaban J connectivity index is 1.34. The highest BCUT2D eigenvalue weighted by Crippen LogP contribution is 2.30. The fraction of sp³-hybridized carbons (Fsp3) is 0.200. The van der Waals surface area contributed by atoms with Crippen LogP contribution in [-0.2, 0) is 14.3 Å². The lowest BCUT2D eigenvalue weighted by Gasteiger charge is -2.18. The predicted octanol–water partition coefficient (Wildman–Crippen LogP) is 1.74. The molecule has 148 valence electrons. The third kappa shape index (κ3) is 3.19. The summed E-state index contributed by atoms with van der Waals surface area (Å²) < 4.78 is 32.0. The van der Waals surface area contributed by atoms with Crippen molar-refractivity contribution in [1.29, 1.82) is 0 Å². The van der Waals surface area contributed by atoms with Gasteiger partial charge >= 0.3 is 0 Å². The molecule has 0 atom stereocenters. The summed E-state index contributed by atoms with van der Waals surface area (Å²) in [7, 11) is 0. The maximum absolute atomic E-state index is 13.3. The van der Waals surface area contributed by atoms with E-state index in [0.717, 1.165) is 24.3 Å². The van der Waals surface area contributed by atoms with Crippen LogP contribution in [0.3, 0.4) is 0 Å². The van der Waals surface area contributed by atoms with E-state index in [1.807, 2.05) is 0 Å². The molecule has 0 fully saturated rings. The van der Waals surface area contributed by atoms with Crippen LogP contribution in [0, 0.1) is 11.6 Å². The largest absolute Gasteiger partial charge is 0.378 e. The summed E-state index contributed by atoms with van der Waals surface area (Å²) in [5.41, 5.74) is 0.669. The number of hydrogen-bond donors (Lipinski definition) is 0. The van der Waals surface area contributed by atoms with Crippen LogP contribution in [0.4, 0.5) is 20.2 Å². The van der Waals surface area contributed by atoms with Crippen molar-refractivity contribution in [2.45, 2.75) is 0 Å². The third-order valence-corrected chi connectivity index (χ3v) is 4.79. The maximum Gasteiger partial charge on any atom is 0.299 e. The summed E-state index contributed by atoms with van der Waals surface area (Å²) in [4.78, 5) is 50.4. The zero-order valence-corrected chi connectivity index (χ0v) is 15.0. The van der Waals surface area contributed by atoms with Gasteiger partial charge < -0.3 is 14.5 Å². The van der Waals surface area contributed by atoms with E-state index in [9.17, 15) is 28.0 Å². The van der Waals surface area contributed by atoms with Crippen molar-refractivity contribution in [2.75, 3.05) is 36.1 Å². The Morgan fingerprint density at radius 2 is 1.10 bits per heavy atom. The van der Waals surface area contributed by atoms with Gasteiger partial charge in [-0.3, -0.25) is 19.2 Å². The molecule has 4 rings (SSSR count). The highest BCUT2D eigenvalue weighted by molar-refractivity contribution is 6.52. The number of hydrogen-bond acceptors (Lipinski definition) is 5. The van der Waals surface area contributed by atoms with E-state index >= 15 is 0 Å². The van der Waals surface area contributed by atoms with E-state index in [0.29, 0.717) is 11.4 Å². The van der Waals surface area contributed by atoms with Crippen molar-refractivity contribution in [3.05, 3.63) is 59.2 Å². The highest BCUT2D eigenvalue weighted by atomic mass is 19.1. The number of halogens is 2. The number of fused-ring (bicyclic) bond motifs is 2. The number of amides is 2. The van der Waals surface area contributed by atoms with Crippen LogP contribution in [0.5, 0.6) is 0 Å². The molecule has 7 nitrogen and oxygen atoms in total. The molecule has 0 unspecified atom stereocenters. The van der Waals surface area contributed by atoms with E-state index in [-0.39, 0.29) is 37.4 Å².